The van der Waals surface area contributed by atoms with Gasteiger partial charge in [-0.05, 0) is 64.4 Å². The molecule has 12 nitrogen and oxygen atoms in total. The Kier molecular flexibility index (Phi) is 8.42. The van der Waals surface area contributed by atoms with Gasteiger partial charge in [-0.15, -0.1) is 0 Å². The molecule has 2 aliphatic rings. The predicted octanol–water partition coefficient (Wildman–Crippen LogP) is 2.29. The first-order chi connectivity index (χ1) is 18.1. The molecule has 12 heteroatoms. The van der Waals surface area contributed by atoms with Crippen molar-refractivity contribution in [2.75, 3.05) is 49.6 Å². The molecule has 4 N–H and O–H groups in total. The molecule has 0 bridgehead atoms. The van der Waals surface area contributed by atoms with Crippen LogP contribution in [0.25, 0.3) is 0 Å². The summed E-state index contributed by atoms with van der Waals surface area (Å²) < 4.78 is 11.0. The molecule has 1 atom stereocenters. The van der Waals surface area contributed by atoms with Crippen LogP contribution in [0.5, 0.6) is 0 Å². The minimum Gasteiger partial charge on any atom is -0.443 e. The Morgan fingerprint density at radius 2 is 1.89 bits per heavy atom. The van der Waals surface area contributed by atoms with Gasteiger partial charge in [0.15, 0.2) is 17.3 Å². The Labute approximate surface area is 221 Å². The highest BCUT2D eigenvalue weighted by Crippen LogP contribution is 2.26. The first-order valence-corrected chi connectivity index (χ1v) is 12.8. The Balaban J connectivity index is 1.60. The van der Waals surface area contributed by atoms with Crippen LogP contribution in [-0.2, 0) is 9.47 Å². The zero-order valence-corrected chi connectivity index (χ0v) is 22.0. The van der Waals surface area contributed by atoms with E-state index in [4.69, 9.17) is 15.2 Å². The number of nitrogens with two attached hydrogens (primary N) is 1. The largest absolute Gasteiger partial charge is 0.443 e. The lowest BCUT2D eigenvalue weighted by Crippen LogP contribution is -2.51. The van der Waals surface area contributed by atoms with Gasteiger partial charge >= 0.3 is 6.09 Å². The van der Waals surface area contributed by atoms with Gasteiger partial charge in [-0.25, -0.2) is 14.8 Å². The second kappa shape index (κ2) is 11.7. The third-order valence-corrected chi connectivity index (χ3v) is 6.16. The molecule has 38 heavy (non-hydrogen) atoms. The average molecular weight is 526 g/mol. The maximum Gasteiger partial charge on any atom is 0.416 e. The molecular formula is C26H35N7O5. The van der Waals surface area contributed by atoms with Crippen LogP contribution >= 0.6 is 0 Å². The minimum atomic E-state index is -0.770. The van der Waals surface area contributed by atoms with Crippen LogP contribution in [0.1, 0.15) is 54.5 Å². The fourth-order valence-electron chi connectivity index (χ4n) is 4.34. The van der Waals surface area contributed by atoms with Crippen LogP contribution in [0.4, 0.5) is 22.1 Å². The summed E-state index contributed by atoms with van der Waals surface area (Å²) in [5.74, 6) is -0.512. The lowest BCUT2D eigenvalue weighted by atomic mass is 10.1. The van der Waals surface area contributed by atoms with Gasteiger partial charge in [0, 0.05) is 30.9 Å². The highest BCUT2D eigenvalue weighted by molar-refractivity contribution is 5.97. The number of piperidine rings is 1. The highest BCUT2D eigenvalue weighted by Gasteiger charge is 2.32. The summed E-state index contributed by atoms with van der Waals surface area (Å²) in [5, 5.41) is 6.37. The SMILES string of the molecule is CC(C)(C)OC(=O)N(c1cnc(C(N)=O)c(Nc2ccc(C(=O)N3CCOCC3)cc2)n1)C1CCCNC1. The van der Waals surface area contributed by atoms with Gasteiger partial charge in [0.05, 0.1) is 25.5 Å². The Morgan fingerprint density at radius 3 is 2.50 bits per heavy atom. The number of carbonyl (C=O) groups excluding carboxylic acids is 3. The van der Waals surface area contributed by atoms with Crippen molar-refractivity contribution in [3.8, 4) is 0 Å². The van der Waals surface area contributed by atoms with E-state index in [1.165, 1.54) is 11.1 Å². The first kappa shape index (κ1) is 27.3. The molecule has 2 aliphatic heterocycles. The number of aromatic nitrogens is 2. The normalized spacial score (nSPS) is 18.0. The van der Waals surface area contributed by atoms with E-state index in [2.05, 4.69) is 20.6 Å². The number of nitrogens with one attached hydrogen (secondary N) is 2. The topological polar surface area (TPSA) is 152 Å². The van der Waals surface area contributed by atoms with Crippen molar-refractivity contribution in [3.05, 3.63) is 41.7 Å². The quantitative estimate of drug-likeness (QED) is 0.516. The summed E-state index contributed by atoms with van der Waals surface area (Å²) >= 11 is 0. The number of rotatable bonds is 6. The molecule has 0 spiro atoms. The number of hydrogen-bond acceptors (Lipinski definition) is 9. The maximum absolute atomic E-state index is 13.2. The summed E-state index contributed by atoms with van der Waals surface area (Å²) in [6, 6.07) is 6.61. The number of anilines is 3. The van der Waals surface area contributed by atoms with Crippen LogP contribution in [0, 0.1) is 0 Å². The molecule has 2 fully saturated rings. The molecule has 0 aliphatic carbocycles. The molecule has 0 radical (unpaired) electrons. The zero-order valence-electron chi connectivity index (χ0n) is 22.0. The average Bonchev–Trinajstić information content (AvgIpc) is 2.89. The smallest absolute Gasteiger partial charge is 0.416 e. The zero-order chi connectivity index (χ0) is 27.3. The van der Waals surface area contributed by atoms with E-state index >= 15 is 0 Å². The van der Waals surface area contributed by atoms with Crippen LogP contribution in [0.3, 0.4) is 0 Å². The van der Waals surface area contributed by atoms with Gasteiger partial charge in [-0.1, -0.05) is 0 Å². The van der Waals surface area contributed by atoms with Gasteiger partial charge in [0.25, 0.3) is 11.8 Å². The van der Waals surface area contributed by atoms with Crippen molar-refractivity contribution in [1.29, 1.82) is 0 Å². The number of benzene rings is 1. The van der Waals surface area contributed by atoms with Gasteiger partial charge in [-0.2, -0.15) is 0 Å². The van der Waals surface area contributed by atoms with Gasteiger partial charge < -0.3 is 30.7 Å². The number of carbonyl (C=O) groups is 3. The van der Waals surface area contributed by atoms with Crippen molar-refractivity contribution in [2.24, 2.45) is 5.73 Å². The van der Waals surface area contributed by atoms with Gasteiger partial charge in [-0.3, -0.25) is 14.5 Å². The number of ether oxygens (including phenoxy) is 2. The Bertz CT molecular complexity index is 1150. The maximum atomic E-state index is 13.2. The van der Waals surface area contributed by atoms with Crippen LogP contribution < -0.4 is 21.3 Å². The molecule has 1 aromatic carbocycles. The van der Waals surface area contributed by atoms with Gasteiger partial charge in [0.2, 0.25) is 0 Å². The monoisotopic (exact) mass is 525 g/mol. The fraction of sp³-hybridized carbons (Fsp3) is 0.500. The van der Waals surface area contributed by atoms with E-state index in [-0.39, 0.29) is 29.3 Å². The first-order valence-electron chi connectivity index (χ1n) is 12.8. The summed E-state index contributed by atoms with van der Waals surface area (Å²) in [6.45, 7) is 8.96. The van der Waals surface area contributed by atoms with Crippen molar-refractivity contribution >= 4 is 35.2 Å². The Morgan fingerprint density at radius 1 is 1.18 bits per heavy atom. The molecule has 3 amide bonds. The molecule has 2 saturated heterocycles. The molecule has 0 saturated carbocycles. The van der Waals surface area contributed by atoms with Crippen LogP contribution in [0.15, 0.2) is 30.5 Å². The Hall–Kier alpha value is -3.77. The van der Waals surface area contributed by atoms with E-state index in [0.29, 0.717) is 44.1 Å². The predicted molar refractivity (Wildman–Crippen MR) is 142 cm³/mol. The van der Waals surface area contributed by atoms with Crippen molar-refractivity contribution in [1.82, 2.24) is 20.2 Å². The summed E-state index contributed by atoms with van der Waals surface area (Å²) in [4.78, 5) is 50.2. The fourth-order valence-corrected chi connectivity index (χ4v) is 4.34. The number of nitrogens with zero attached hydrogens (tertiary/aromatic N) is 4. The number of primary amides is 1. The van der Waals surface area contributed by atoms with E-state index in [9.17, 15) is 14.4 Å². The lowest BCUT2D eigenvalue weighted by Gasteiger charge is -2.35. The summed E-state index contributed by atoms with van der Waals surface area (Å²) in [7, 11) is 0. The molecule has 2 aromatic rings. The van der Waals surface area contributed by atoms with Crippen LogP contribution in [-0.4, -0.2) is 83.8 Å². The van der Waals surface area contributed by atoms with E-state index < -0.39 is 17.6 Å². The lowest BCUT2D eigenvalue weighted by molar-refractivity contribution is 0.0303. The third-order valence-electron chi connectivity index (χ3n) is 6.16. The molecule has 3 heterocycles. The number of hydrogen-bond donors (Lipinski definition) is 3. The standard InChI is InChI=1S/C26H35N7O5/c1-26(2,3)38-25(36)33(19-5-4-10-28-15-19)20-16-29-21(22(27)34)23(31-20)30-18-8-6-17(7-9-18)24(35)32-11-13-37-14-12-32/h6-9,16,19,28H,4-5,10-15H2,1-3H3,(H2,27,34)(H,30,31). The molecule has 204 valence electrons. The molecule has 1 aromatic heterocycles. The molecular weight excluding hydrogens is 490 g/mol. The van der Waals surface area contributed by atoms with Crippen molar-refractivity contribution in [3.63, 3.8) is 0 Å². The van der Waals surface area contributed by atoms with E-state index in [1.54, 1.807) is 49.9 Å². The minimum absolute atomic E-state index is 0.0754. The van der Waals surface area contributed by atoms with Crippen molar-refractivity contribution < 1.29 is 23.9 Å². The highest BCUT2D eigenvalue weighted by atomic mass is 16.6. The van der Waals surface area contributed by atoms with Crippen LogP contribution in [0.2, 0.25) is 0 Å². The van der Waals surface area contributed by atoms with E-state index in [1.807, 2.05) is 0 Å². The van der Waals surface area contributed by atoms with E-state index in [0.717, 1.165) is 19.4 Å². The second-order valence-corrected chi connectivity index (χ2v) is 10.2. The third kappa shape index (κ3) is 6.75. The van der Waals surface area contributed by atoms with Crippen molar-refractivity contribution in [2.45, 2.75) is 45.3 Å². The number of morpholine rings is 1. The molecule has 4 rings (SSSR count). The van der Waals surface area contributed by atoms with Gasteiger partial charge in [0.1, 0.15) is 5.60 Å². The second-order valence-electron chi connectivity index (χ2n) is 10.2. The number of amides is 3. The summed E-state index contributed by atoms with van der Waals surface area (Å²) in [6.07, 6.45) is 2.45. The molecule has 1 unspecified atom stereocenters. The summed E-state index contributed by atoms with van der Waals surface area (Å²) in [5.41, 5.74) is 5.89.